The molecule has 134 valence electrons. The second-order valence-corrected chi connectivity index (χ2v) is 6.24. The van der Waals surface area contributed by atoms with Crippen LogP contribution in [0.3, 0.4) is 0 Å². The summed E-state index contributed by atoms with van der Waals surface area (Å²) in [5, 5.41) is 3.96. The summed E-state index contributed by atoms with van der Waals surface area (Å²) in [7, 11) is 1.63. The van der Waals surface area contributed by atoms with Gasteiger partial charge in [-0.1, -0.05) is 17.3 Å². The molecule has 0 N–H and O–H groups in total. The summed E-state index contributed by atoms with van der Waals surface area (Å²) in [6.45, 7) is 2.88. The standard InChI is InChI=1S/C18H18N4O4/c1-11-16(19-10-25-11)17-20-18(26-21-17)13-7-15(23)22(9-13)8-12-3-5-14(24-2)6-4-12/h3-6,10,13H,7-9H2,1-2H3. The third kappa shape index (κ3) is 3.05. The van der Waals surface area contributed by atoms with Gasteiger partial charge in [-0.2, -0.15) is 4.98 Å². The molecule has 0 bridgehead atoms. The van der Waals surface area contributed by atoms with E-state index in [2.05, 4.69) is 15.1 Å². The third-order valence-corrected chi connectivity index (χ3v) is 4.49. The van der Waals surface area contributed by atoms with E-state index in [4.69, 9.17) is 13.7 Å². The van der Waals surface area contributed by atoms with Crippen LogP contribution in [0, 0.1) is 6.92 Å². The molecule has 3 aromatic rings. The fourth-order valence-corrected chi connectivity index (χ4v) is 3.06. The number of likely N-dealkylation sites (tertiary alicyclic amines) is 1. The first-order valence-electron chi connectivity index (χ1n) is 8.29. The summed E-state index contributed by atoms with van der Waals surface area (Å²) in [6.07, 6.45) is 1.70. The van der Waals surface area contributed by atoms with Crippen molar-refractivity contribution in [3.8, 4) is 17.3 Å². The molecule has 1 aromatic carbocycles. The summed E-state index contributed by atoms with van der Waals surface area (Å²) in [6, 6.07) is 7.69. The molecule has 8 nitrogen and oxygen atoms in total. The van der Waals surface area contributed by atoms with E-state index in [1.807, 2.05) is 24.3 Å². The molecular weight excluding hydrogens is 336 g/mol. The third-order valence-electron chi connectivity index (χ3n) is 4.49. The number of carbonyl (C=O) groups is 1. The fourth-order valence-electron chi connectivity index (χ4n) is 3.06. The van der Waals surface area contributed by atoms with Crippen molar-refractivity contribution in [1.82, 2.24) is 20.0 Å². The minimum Gasteiger partial charge on any atom is -0.497 e. The number of oxazole rings is 1. The quantitative estimate of drug-likeness (QED) is 0.695. The molecule has 0 saturated carbocycles. The number of ether oxygens (including phenoxy) is 1. The predicted molar refractivity (Wildman–Crippen MR) is 90.3 cm³/mol. The van der Waals surface area contributed by atoms with E-state index >= 15 is 0 Å². The van der Waals surface area contributed by atoms with E-state index in [9.17, 15) is 4.79 Å². The van der Waals surface area contributed by atoms with Gasteiger partial charge in [-0.15, -0.1) is 0 Å². The van der Waals surface area contributed by atoms with Gasteiger partial charge >= 0.3 is 0 Å². The number of amides is 1. The molecule has 1 atom stereocenters. The molecule has 1 aliphatic heterocycles. The Balaban J connectivity index is 1.46. The van der Waals surface area contributed by atoms with Gasteiger partial charge in [-0.05, 0) is 24.6 Å². The van der Waals surface area contributed by atoms with E-state index < -0.39 is 0 Å². The zero-order chi connectivity index (χ0) is 18.1. The van der Waals surface area contributed by atoms with Crippen LogP contribution >= 0.6 is 0 Å². The Hall–Kier alpha value is -3.16. The van der Waals surface area contributed by atoms with Crippen molar-refractivity contribution in [2.45, 2.75) is 25.8 Å². The van der Waals surface area contributed by atoms with Gasteiger partial charge in [-0.3, -0.25) is 4.79 Å². The summed E-state index contributed by atoms with van der Waals surface area (Å²) < 4.78 is 15.7. The van der Waals surface area contributed by atoms with E-state index in [0.29, 0.717) is 42.7 Å². The number of aryl methyl sites for hydroxylation is 1. The monoisotopic (exact) mass is 354 g/mol. The molecule has 2 aromatic heterocycles. The van der Waals surface area contributed by atoms with Crippen LogP contribution in [0.25, 0.3) is 11.5 Å². The maximum atomic E-state index is 12.4. The molecule has 8 heteroatoms. The van der Waals surface area contributed by atoms with Gasteiger partial charge in [0.2, 0.25) is 17.6 Å². The van der Waals surface area contributed by atoms with Gasteiger partial charge in [0.15, 0.2) is 12.1 Å². The van der Waals surface area contributed by atoms with Gasteiger partial charge in [-0.25, -0.2) is 4.98 Å². The Kier molecular flexibility index (Phi) is 4.16. The zero-order valence-corrected chi connectivity index (χ0v) is 14.5. The molecule has 1 amide bonds. The molecule has 4 rings (SSSR count). The van der Waals surface area contributed by atoms with E-state index in [0.717, 1.165) is 11.3 Å². The minimum absolute atomic E-state index is 0.0724. The van der Waals surface area contributed by atoms with E-state index in [1.165, 1.54) is 6.39 Å². The molecule has 26 heavy (non-hydrogen) atoms. The molecule has 1 aliphatic rings. The summed E-state index contributed by atoms with van der Waals surface area (Å²) in [5.74, 6) is 2.21. The SMILES string of the molecule is COc1ccc(CN2CC(c3nc(-c4ncoc4C)no3)CC2=O)cc1. The lowest BCUT2D eigenvalue weighted by Gasteiger charge is -2.16. The smallest absolute Gasteiger partial charge is 0.232 e. The number of benzene rings is 1. The topological polar surface area (TPSA) is 94.5 Å². The molecule has 3 heterocycles. The van der Waals surface area contributed by atoms with E-state index in [1.54, 1.807) is 18.9 Å². The molecule has 0 aliphatic carbocycles. The number of hydrogen-bond donors (Lipinski definition) is 0. The number of nitrogens with zero attached hydrogens (tertiary/aromatic N) is 4. The van der Waals surface area contributed by atoms with Crippen LogP contribution in [-0.4, -0.2) is 39.6 Å². The molecule has 0 spiro atoms. The highest BCUT2D eigenvalue weighted by Crippen LogP contribution is 2.30. The fraction of sp³-hybridized carbons (Fsp3) is 0.333. The number of carbonyl (C=O) groups excluding carboxylic acids is 1. The number of rotatable bonds is 5. The first-order valence-corrected chi connectivity index (χ1v) is 8.29. The lowest BCUT2D eigenvalue weighted by molar-refractivity contribution is -0.128. The number of methoxy groups -OCH3 is 1. The molecule has 1 unspecified atom stereocenters. The number of aromatic nitrogens is 3. The van der Waals surface area contributed by atoms with Crippen molar-refractivity contribution in [3.05, 3.63) is 47.9 Å². The zero-order valence-electron chi connectivity index (χ0n) is 14.5. The summed E-state index contributed by atoms with van der Waals surface area (Å²) >= 11 is 0. The maximum absolute atomic E-state index is 12.4. The summed E-state index contributed by atoms with van der Waals surface area (Å²) in [5.41, 5.74) is 1.60. The first kappa shape index (κ1) is 16.3. The van der Waals surface area contributed by atoms with Gasteiger partial charge in [0.25, 0.3) is 0 Å². The van der Waals surface area contributed by atoms with Crippen molar-refractivity contribution in [2.24, 2.45) is 0 Å². The Labute approximate surface area is 149 Å². The molecule has 1 saturated heterocycles. The first-order chi connectivity index (χ1) is 12.6. The molecule has 0 radical (unpaired) electrons. The number of hydrogen-bond acceptors (Lipinski definition) is 7. The lowest BCUT2D eigenvalue weighted by atomic mass is 10.1. The van der Waals surface area contributed by atoms with Crippen LogP contribution in [-0.2, 0) is 11.3 Å². The Morgan fingerprint density at radius 1 is 1.31 bits per heavy atom. The van der Waals surface area contributed by atoms with Crippen molar-refractivity contribution in [3.63, 3.8) is 0 Å². The maximum Gasteiger partial charge on any atom is 0.232 e. The average Bonchev–Trinajstić information content (AvgIpc) is 3.36. The lowest BCUT2D eigenvalue weighted by Crippen LogP contribution is -2.24. The van der Waals surface area contributed by atoms with Crippen molar-refractivity contribution < 1.29 is 18.5 Å². The molecular formula is C18H18N4O4. The van der Waals surface area contributed by atoms with Gasteiger partial charge in [0.1, 0.15) is 11.5 Å². The predicted octanol–water partition coefficient (Wildman–Crippen LogP) is 2.56. The largest absolute Gasteiger partial charge is 0.497 e. The van der Waals surface area contributed by atoms with Crippen LogP contribution in [0.2, 0.25) is 0 Å². The van der Waals surface area contributed by atoms with Crippen LogP contribution in [0.4, 0.5) is 0 Å². The van der Waals surface area contributed by atoms with E-state index in [-0.39, 0.29) is 11.8 Å². The van der Waals surface area contributed by atoms with Crippen LogP contribution in [0.1, 0.15) is 29.6 Å². The molecule has 1 fully saturated rings. The minimum atomic E-state index is -0.116. The highest BCUT2D eigenvalue weighted by molar-refractivity contribution is 5.79. The van der Waals surface area contributed by atoms with Crippen molar-refractivity contribution >= 4 is 5.91 Å². The average molecular weight is 354 g/mol. The Morgan fingerprint density at radius 3 is 2.81 bits per heavy atom. The van der Waals surface area contributed by atoms with Crippen molar-refractivity contribution in [2.75, 3.05) is 13.7 Å². The Bertz CT molecular complexity index is 915. The Morgan fingerprint density at radius 2 is 2.12 bits per heavy atom. The van der Waals surface area contributed by atoms with Crippen molar-refractivity contribution in [1.29, 1.82) is 0 Å². The second-order valence-electron chi connectivity index (χ2n) is 6.24. The van der Waals surface area contributed by atoms with Gasteiger partial charge < -0.3 is 18.6 Å². The summed E-state index contributed by atoms with van der Waals surface area (Å²) in [4.78, 5) is 22.6. The second kappa shape index (κ2) is 6.62. The van der Waals surface area contributed by atoms with Crippen LogP contribution in [0.5, 0.6) is 5.75 Å². The normalized spacial score (nSPS) is 17.1. The highest BCUT2D eigenvalue weighted by atomic mass is 16.5. The van der Waals surface area contributed by atoms with Gasteiger partial charge in [0, 0.05) is 19.5 Å². The highest BCUT2D eigenvalue weighted by Gasteiger charge is 2.34. The van der Waals surface area contributed by atoms with Crippen LogP contribution < -0.4 is 4.74 Å². The van der Waals surface area contributed by atoms with Gasteiger partial charge in [0.05, 0.1) is 13.0 Å². The van der Waals surface area contributed by atoms with Crippen LogP contribution in [0.15, 0.2) is 39.6 Å².